The van der Waals surface area contributed by atoms with Crippen LogP contribution >= 0.6 is 11.6 Å². The summed E-state index contributed by atoms with van der Waals surface area (Å²) in [5.41, 5.74) is 1.64. The fourth-order valence-corrected chi connectivity index (χ4v) is 2.77. The molecule has 0 aliphatic heterocycles. The number of nitrogens with one attached hydrogen (secondary N) is 1. The van der Waals surface area contributed by atoms with E-state index in [0.717, 1.165) is 22.0 Å². The standard InChI is InChI=1S/C20H18ClNO2/c1-13-12-16(21)10-11-18(13)22-20(23)14(2)24-19-9-5-7-15-6-3-4-8-17(15)19/h3-12,14H,1-2H3,(H,22,23)/t14-/m0/s1. The maximum Gasteiger partial charge on any atom is 0.265 e. The predicted molar refractivity (Wildman–Crippen MR) is 98.9 cm³/mol. The Balaban J connectivity index is 1.76. The molecule has 0 radical (unpaired) electrons. The maximum atomic E-state index is 12.4. The smallest absolute Gasteiger partial charge is 0.265 e. The monoisotopic (exact) mass is 339 g/mol. The zero-order valence-electron chi connectivity index (χ0n) is 13.5. The summed E-state index contributed by atoms with van der Waals surface area (Å²) in [6.45, 7) is 3.64. The number of amides is 1. The zero-order chi connectivity index (χ0) is 17.1. The van der Waals surface area contributed by atoms with Gasteiger partial charge in [0.1, 0.15) is 5.75 Å². The van der Waals surface area contributed by atoms with Crippen molar-refractivity contribution in [1.29, 1.82) is 0 Å². The van der Waals surface area contributed by atoms with Crippen molar-refractivity contribution in [3.05, 3.63) is 71.2 Å². The van der Waals surface area contributed by atoms with E-state index < -0.39 is 6.10 Å². The minimum Gasteiger partial charge on any atom is -0.480 e. The molecule has 3 aromatic rings. The molecule has 0 unspecified atom stereocenters. The lowest BCUT2D eigenvalue weighted by atomic mass is 10.1. The summed E-state index contributed by atoms with van der Waals surface area (Å²) in [5, 5.41) is 5.59. The van der Waals surface area contributed by atoms with E-state index in [1.807, 2.05) is 55.5 Å². The molecule has 3 nitrogen and oxygen atoms in total. The van der Waals surface area contributed by atoms with Crippen LogP contribution in [0.4, 0.5) is 5.69 Å². The van der Waals surface area contributed by atoms with Crippen molar-refractivity contribution in [3.63, 3.8) is 0 Å². The van der Waals surface area contributed by atoms with Crippen LogP contribution in [-0.2, 0) is 4.79 Å². The zero-order valence-corrected chi connectivity index (χ0v) is 14.3. The topological polar surface area (TPSA) is 38.3 Å². The lowest BCUT2D eigenvalue weighted by Gasteiger charge is -2.17. The predicted octanol–water partition coefficient (Wildman–Crippen LogP) is 5.21. The first-order valence-corrected chi connectivity index (χ1v) is 8.14. The average Bonchev–Trinajstić information content (AvgIpc) is 2.57. The summed E-state index contributed by atoms with van der Waals surface area (Å²) in [4.78, 5) is 12.4. The molecule has 0 saturated heterocycles. The highest BCUT2D eigenvalue weighted by atomic mass is 35.5. The minimum atomic E-state index is -0.620. The highest BCUT2D eigenvalue weighted by Crippen LogP contribution is 2.26. The Morgan fingerprint density at radius 3 is 2.62 bits per heavy atom. The third-order valence-electron chi connectivity index (χ3n) is 3.87. The van der Waals surface area contributed by atoms with Crippen molar-refractivity contribution < 1.29 is 9.53 Å². The van der Waals surface area contributed by atoms with Gasteiger partial charge in [0, 0.05) is 16.1 Å². The van der Waals surface area contributed by atoms with Crippen molar-refractivity contribution in [1.82, 2.24) is 0 Å². The van der Waals surface area contributed by atoms with Crippen molar-refractivity contribution in [2.24, 2.45) is 0 Å². The van der Waals surface area contributed by atoms with E-state index in [1.165, 1.54) is 0 Å². The summed E-state index contributed by atoms with van der Waals surface area (Å²) in [7, 11) is 0. The number of fused-ring (bicyclic) bond motifs is 1. The fraction of sp³-hybridized carbons (Fsp3) is 0.150. The Morgan fingerprint density at radius 2 is 1.83 bits per heavy atom. The Hall–Kier alpha value is -2.52. The van der Waals surface area contributed by atoms with E-state index >= 15 is 0 Å². The highest BCUT2D eigenvalue weighted by molar-refractivity contribution is 6.30. The second kappa shape index (κ2) is 6.93. The molecule has 0 aromatic heterocycles. The highest BCUT2D eigenvalue weighted by Gasteiger charge is 2.16. The van der Waals surface area contributed by atoms with E-state index in [9.17, 15) is 4.79 Å². The van der Waals surface area contributed by atoms with Crippen LogP contribution < -0.4 is 10.1 Å². The molecule has 1 N–H and O–H groups in total. The largest absolute Gasteiger partial charge is 0.480 e. The molecule has 24 heavy (non-hydrogen) atoms. The van der Waals surface area contributed by atoms with Crippen molar-refractivity contribution in [2.75, 3.05) is 5.32 Å². The number of ether oxygens (including phenoxy) is 1. The van der Waals surface area contributed by atoms with Gasteiger partial charge in [-0.25, -0.2) is 0 Å². The van der Waals surface area contributed by atoms with Gasteiger partial charge in [-0.1, -0.05) is 48.0 Å². The number of benzene rings is 3. The quantitative estimate of drug-likeness (QED) is 0.708. The Bertz CT molecular complexity index is 886. The maximum absolute atomic E-state index is 12.4. The molecule has 1 amide bonds. The van der Waals surface area contributed by atoms with E-state index in [2.05, 4.69) is 5.32 Å². The number of hydrogen-bond donors (Lipinski definition) is 1. The van der Waals surface area contributed by atoms with Gasteiger partial charge < -0.3 is 10.1 Å². The first kappa shape index (κ1) is 16.3. The van der Waals surface area contributed by atoms with Crippen molar-refractivity contribution in [2.45, 2.75) is 20.0 Å². The number of anilines is 1. The van der Waals surface area contributed by atoms with Crippen molar-refractivity contribution in [3.8, 4) is 5.75 Å². The van der Waals surface area contributed by atoms with Gasteiger partial charge in [0.15, 0.2) is 6.10 Å². The number of aryl methyl sites for hydroxylation is 1. The van der Waals surface area contributed by atoms with Gasteiger partial charge in [-0.15, -0.1) is 0 Å². The van der Waals surface area contributed by atoms with Gasteiger partial charge in [0.05, 0.1) is 0 Å². The molecule has 0 aliphatic carbocycles. The van der Waals surface area contributed by atoms with Crippen LogP contribution in [0.25, 0.3) is 10.8 Å². The van der Waals surface area contributed by atoms with Gasteiger partial charge in [-0.05, 0) is 49.1 Å². The van der Waals surface area contributed by atoms with E-state index in [-0.39, 0.29) is 5.91 Å². The lowest BCUT2D eigenvalue weighted by molar-refractivity contribution is -0.122. The number of carbonyl (C=O) groups excluding carboxylic acids is 1. The molecule has 0 aliphatic rings. The van der Waals surface area contributed by atoms with Crippen molar-refractivity contribution >= 4 is 34.0 Å². The van der Waals surface area contributed by atoms with E-state index in [4.69, 9.17) is 16.3 Å². The van der Waals surface area contributed by atoms with Crippen LogP contribution in [0.5, 0.6) is 5.75 Å². The summed E-state index contributed by atoms with van der Waals surface area (Å²) < 4.78 is 5.89. The number of carbonyl (C=O) groups is 1. The van der Waals surface area contributed by atoms with E-state index in [0.29, 0.717) is 10.8 Å². The summed E-state index contributed by atoms with van der Waals surface area (Å²) in [6.07, 6.45) is -0.620. The molecule has 3 rings (SSSR count). The average molecular weight is 340 g/mol. The second-order valence-electron chi connectivity index (χ2n) is 5.69. The Morgan fingerprint density at radius 1 is 1.08 bits per heavy atom. The third kappa shape index (κ3) is 3.52. The molecule has 0 bridgehead atoms. The van der Waals surface area contributed by atoms with Crippen LogP contribution in [0.3, 0.4) is 0 Å². The number of hydrogen-bond acceptors (Lipinski definition) is 2. The Kier molecular flexibility index (Phi) is 4.72. The van der Waals surface area contributed by atoms with Gasteiger partial charge >= 0.3 is 0 Å². The van der Waals surface area contributed by atoms with Crippen LogP contribution in [0.1, 0.15) is 12.5 Å². The van der Waals surface area contributed by atoms with Crippen LogP contribution in [-0.4, -0.2) is 12.0 Å². The molecule has 0 fully saturated rings. The molecule has 4 heteroatoms. The minimum absolute atomic E-state index is 0.201. The molecular weight excluding hydrogens is 322 g/mol. The Labute approximate surface area is 146 Å². The summed E-state index contributed by atoms with van der Waals surface area (Å²) in [6, 6.07) is 19.1. The first-order valence-electron chi connectivity index (χ1n) is 7.76. The lowest BCUT2D eigenvalue weighted by Crippen LogP contribution is -2.30. The second-order valence-corrected chi connectivity index (χ2v) is 6.12. The summed E-state index contributed by atoms with van der Waals surface area (Å²) >= 11 is 5.94. The summed E-state index contributed by atoms with van der Waals surface area (Å²) in [5.74, 6) is 0.497. The van der Waals surface area contributed by atoms with Crippen LogP contribution in [0.15, 0.2) is 60.7 Å². The molecule has 0 spiro atoms. The molecule has 0 saturated carbocycles. The molecule has 122 valence electrons. The van der Waals surface area contributed by atoms with Gasteiger partial charge in [0.2, 0.25) is 0 Å². The van der Waals surface area contributed by atoms with Crippen LogP contribution in [0.2, 0.25) is 5.02 Å². The van der Waals surface area contributed by atoms with Gasteiger partial charge in [-0.2, -0.15) is 0 Å². The normalized spacial score (nSPS) is 12.0. The first-order chi connectivity index (χ1) is 11.5. The molecule has 1 atom stereocenters. The SMILES string of the molecule is Cc1cc(Cl)ccc1NC(=O)[C@H](C)Oc1cccc2ccccc12. The molecule has 0 heterocycles. The van der Waals surface area contributed by atoms with Gasteiger partial charge in [0.25, 0.3) is 5.91 Å². The molecular formula is C20H18ClNO2. The third-order valence-corrected chi connectivity index (χ3v) is 4.10. The van der Waals surface area contributed by atoms with E-state index in [1.54, 1.807) is 19.1 Å². The number of rotatable bonds is 4. The van der Waals surface area contributed by atoms with Gasteiger partial charge in [-0.3, -0.25) is 4.79 Å². The van der Waals surface area contributed by atoms with Crippen LogP contribution in [0, 0.1) is 6.92 Å². The fourth-order valence-electron chi connectivity index (χ4n) is 2.54. The molecule has 3 aromatic carbocycles. The number of halogens is 1.